The zero-order valence-electron chi connectivity index (χ0n) is 15.5. The van der Waals surface area contributed by atoms with Gasteiger partial charge in [0.15, 0.2) is 11.5 Å². The van der Waals surface area contributed by atoms with Gasteiger partial charge in [-0.2, -0.15) is 0 Å². The lowest BCUT2D eigenvalue weighted by Crippen LogP contribution is -2.51. The summed E-state index contributed by atoms with van der Waals surface area (Å²) in [5.74, 6) is 0.101. The highest BCUT2D eigenvalue weighted by Crippen LogP contribution is 2.36. The van der Waals surface area contributed by atoms with Crippen LogP contribution in [0.5, 0.6) is 17.2 Å². The number of quaternary nitrogens is 1. The minimum Gasteiger partial charge on any atom is -0.863 e. The van der Waals surface area contributed by atoms with E-state index in [-0.39, 0.29) is 0 Å². The molecule has 0 radical (unpaired) electrons. The number of rotatable bonds is 7. The first kappa shape index (κ1) is 23.0. The summed E-state index contributed by atoms with van der Waals surface area (Å²) in [5, 5.41) is 42.1. The van der Waals surface area contributed by atoms with Crippen LogP contribution in [0.25, 0.3) is 0 Å². The summed E-state index contributed by atoms with van der Waals surface area (Å²) in [7, 11) is 3.28. The van der Waals surface area contributed by atoms with E-state index in [4.69, 9.17) is 9.47 Å². The monoisotopic (exact) mass is 410 g/mol. The molecule has 156 valence electrons. The highest BCUT2D eigenvalue weighted by Gasteiger charge is 2.24. The fourth-order valence-electron chi connectivity index (χ4n) is 2.20. The van der Waals surface area contributed by atoms with Crippen molar-refractivity contribution in [3.8, 4) is 17.2 Å². The van der Waals surface area contributed by atoms with E-state index in [9.17, 15) is 35.4 Å². The number of non-ortho nitro benzene ring substituents is 1. The second-order valence-corrected chi connectivity index (χ2v) is 5.38. The molecule has 3 N–H and O–H groups in total. The molecule has 0 aliphatic heterocycles. The van der Waals surface area contributed by atoms with E-state index in [1.807, 2.05) is 18.2 Å². The van der Waals surface area contributed by atoms with Crippen molar-refractivity contribution >= 4 is 17.1 Å². The minimum absolute atomic E-state index is 0.384. The molecule has 0 aromatic heterocycles. The number of benzene rings is 2. The van der Waals surface area contributed by atoms with Crippen LogP contribution < -0.4 is 20.3 Å². The summed E-state index contributed by atoms with van der Waals surface area (Å²) in [6, 6.07) is 6.71. The second kappa shape index (κ2) is 10.4. The minimum atomic E-state index is -1.46. The van der Waals surface area contributed by atoms with Crippen LogP contribution in [0.4, 0.5) is 17.1 Å². The average Bonchev–Trinajstić information content (AvgIpc) is 2.68. The third-order valence-corrected chi connectivity index (χ3v) is 3.55. The maximum Gasteiger partial charge on any atom is 0.283 e. The van der Waals surface area contributed by atoms with Gasteiger partial charge in [0.2, 0.25) is 0 Å². The van der Waals surface area contributed by atoms with Gasteiger partial charge < -0.3 is 20.3 Å². The maximum absolute atomic E-state index is 11.1. The SMILES string of the molecule is COc1ccc(CC[NH3+])cc1OC.O=[N+]([O-])c1cc([N+](=O)[O-])c([O-])c([N+](=O)[O-])c1. The Morgan fingerprint density at radius 2 is 1.38 bits per heavy atom. The number of hydrogen-bond acceptors (Lipinski definition) is 9. The van der Waals surface area contributed by atoms with Crippen molar-refractivity contribution in [2.75, 3.05) is 20.8 Å². The van der Waals surface area contributed by atoms with Crippen LogP contribution in [-0.4, -0.2) is 35.5 Å². The van der Waals surface area contributed by atoms with Gasteiger partial charge in [-0.3, -0.25) is 30.3 Å². The molecule has 2 rings (SSSR count). The quantitative estimate of drug-likeness (QED) is 0.510. The number of nitrogens with zero attached hydrogens (tertiary/aromatic N) is 3. The summed E-state index contributed by atoms with van der Waals surface area (Å²) in [6.45, 7) is 0.898. The van der Waals surface area contributed by atoms with Gasteiger partial charge >= 0.3 is 0 Å². The van der Waals surface area contributed by atoms with E-state index in [0.29, 0.717) is 12.1 Å². The summed E-state index contributed by atoms with van der Waals surface area (Å²) in [5.41, 5.74) is 1.77. The van der Waals surface area contributed by atoms with Crippen molar-refractivity contribution in [3.05, 3.63) is 66.2 Å². The van der Waals surface area contributed by atoms with Gasteiger partial charge in [0.25, 0.3) is 17.1 Å². The van der Waals surface area contributed by atoms with Gasteiger partial charge in [-0.25, -0.2) is 0 Å². The van der Waals surface area contributed by atoms with E-state index in [1.165, 1.54) is 5.56 Å². The number of methoxy groups -OCH3 is 2. The molecule has 0 heterocycles. The molecule has 0 aliphatic carbocycles. The van der Waals surface area contributed by atoms with Crippen molar-refractivity contribution in [3.63, 3.8) is 0 Å². The predicted octanol–water partition coefficient (Wildman–Crippen LogP) is 0.973. The molecule has 0 fully saturated rings. The zero-order valence-corrected chi connectivity index (χ0v) is 15.5. The molecule has 0 saturated carbocycles. The number of nitro groups is 3. The summed E-state index contributed by atoms with van der Waals surface area (Å²) in [6.07, 6.45) is 0.973. The Kier molecular flexibility index (Phi) is 8.23. The molecule has 2 aromatic carbocycles. The van der Waals surface area contributed by atoms with Crippen molar-refractivity contribution in [1.82, 2.24) is 0 Å². The van der Waals surface area contributed by atoms with Crippen molar-refractivity contribution in [2.24, 2.45) is 0 Å². The Morgan fingerprint density at radius 1 is 0.862 bits per heavy atom. The second-order valence-electron chi connectivity index (χ2n) is 5.38. The van der Waals surface area contributed by atoms with E-state index >= 15 is 0 Å². The summed E-state index contributed by atoms with van der Waals surface area (Å²) < 4.78 is 10.3. The normalized spacial score (nSPS) is 9.76. The fraction of sp³-hybridized carbons (Fsp3) is 0.250. The molecule has 0 amide bonds. The number of ether oxygens (including phenoxy) is 2. The molecule has 29 heavy (non-hydrogen) atoms. The molecule has 0 spiro atoms. The lowest BCUT2D eigenvalue weighted by Gasteiger charge is -2.08. The first-order valence-electron chi connectivity index (χ1n) is 7.94. The summed E-state index contributed by atoms with van der Waals surface area (Å²) >= 11 is 0. The third kappa shape index (κ3) is 6.00. The summed E-state index contributed by atoms with van der Waals surface area (Å²) in [4.78, 5) is 27.5. The maximum atomic E-state index is 11.1. The molecule has 0 unspecified atom stereocenters. The molecular weight excluding hydrogens is 392 g/mol. The Hall–Kier alpha value is -4.00. The van der Waals surface area contributed by atoms with Crippen molar-refractivity contribution in [2.45, 2.75) is 6.42 Å². The first-order chi connectivity index (χ1) is 13.7. The van der Waals surface area contributed by atoms with Crippen LogP contribution >= 0.6 is 0 Å². The lowest BCUT2D eigenvalue weighted by atomic mass is 10.1. The zero-order chi connectivity index (χ0) is 22.1. The van der Waals surface area contributed by atoms with Crippen LogP contribution in [0.15, 0.2) is 30.3 Å². The van der Waals surface area contributed by atoms with Crippen molar-refractivity contribution < 1.29 is 35.1 Å². The van der Waals surface area contributed by atoms with Crippen LogP contribution in [0, 0.1) is 30.3 Å². The topological polar surface area (TPSA) is 199 Å². The Labute approximate surface area is 163 Å². The van der Waals surface area contributed by atoms with E-state index in [0.717, 1.165) is 24.5 Å². The number of hydrogen-bond donors (Lipinski definition) is 1. The molecular formula is C16H18N4O9. The highest BCUT2D eigenvalue weighted by atomic mass is 16.6. The van der Waals surface area contributed by atoms with Gasteiger partial charge in [-0.15, -0.1) is 0 Å². The van der Waals surface area contributed by atoms with Gasteiger partial charge in [-0.05, 0) is 17.7 Å². The van der Waals surface area contributed by atoms with Gasteiger partial charge in [0.1, 0.15) is 0 Å². The van der Waals surface area contributed by atoms with Crippen LogP contribution in [0.1, 0.15) is 5.56 Å². The Morgan fingerprint density at radius 3 is 1.76 bits per heavy atom. The van der Waals surface area contributed by atoms with Gasteiger partial charge in [0.05, 0.1) is 53.4 Å². The Balaban J connectivity index is 0.000000296. The third-order valence-electron chi connectivity index (χ3n) is 3.55. The molecule has 13 heteroatoms. The standard InChI is InChI=1S/C10H15NO2.C6H3N3O7/c1-12-9-4-3-8(5-6-11)7-10(9)13-2;10-6-4(8(13)14)1-3(7(11)12)2-5(6)9(15)16/h3-4,7H,5-6,11H2,1-2H3;1-2,10H. The highest BCUT2D eigenvalue weighted by molar-refractivity contribution is 5.64. The molecule has 0 aliphatic rings. The van der Waals surface area contributed by atoms with Crippen LogP contribution in [-0.2, 0) is 6.42 Å². The molecule has 0 bridgehead atoms. The van der Waals surface area contributed by atoms with Gasteiger partial charge in [-0.1, -0.05) is 6.07 Å². The van der Waals surface area contributed by atoms with E-state index in [1.54, 1.807) is 14.2 Å². The lowest BCUT2D eigenvalue weighted by molar-refractivity contribution is -0.420. The molecule has 0 saturated heterocycles. The van der Waals surface area contributed by atoms with Crippen LogP contribution in [0.3, 0.4) is 0 Å². The fourth-order valence-corrected chi connectivity index (χ4v) is 2.20. The van der Waals surface area contributed by atoms with Gasteiger partial charge in [0, 0.05) is 6.42 Å². The van der Waals surface area contributed by atoms with Crippen LogP contribution in [0.2, 0.25) is 0 Å². The first-order valence-corrected chi connectivity index (χ1v) is 7.94. The smallest absolute Gasteiger partial charge is 0.283 e. The predicted molar refractivity (Wildman–Crippen MR) is 96.9 cm³/mol. The largest absolute Gasteiger partial charge is 0.863 e. The molecule has 2 aromatic rings. The van der Waals surface area contributed by atoms with E-state index in [2.05, 4.69) is 5.73 Å². The van der Waals surface area contributed by atoms with E-state index < -0.39 is 37.6 Å². The Bertz CT molecular complexity index is 882. The molecule has 13 nitrogen and oxygen atoms in total. The molecule has 0 atom stereocenters. The number of nitro benzene ring substituents is 3. The average molecular weight is 410 g/mol. The van der Waals surface area contributed by atoms with Crippen molar-refractivity contribution in [1.29, 1.82) is 0 Å².